The first-order valence-electron chi connectivity index (χ1n) is 5.05. The highest BCUT2D eigenvalue weighted by molar-refractivity contribution is 7.09. The number of aliphatic hydroxyl groups is 1. The zero-order valence-electron chi connectivity index (χ0n) is 9.97. The summed E-state index contributed by atoms with van der Waals surface area (Å²) in [6.07, 6.45) is -11.4. The topological polar surface area (TPSA) is 58.2 Å². The van der Waals surface area contributed by atoms with E-state index in [0.29, 0.717) is 6.20 Å². The highest BCUT2D eigenvalue weighted by atomic mass is 32.1. The van der Waals surface area contributed by atoms with E-state index in [-0.39, 0.29) is 24.5 Å². The molecule has 1 rings (SSSR count). The maximum Gasteiger partial charge on any atom is 0.431 e. The van der Waals surface area contributed by atoms with Gasteiger partial charge in [-0.3, -0.25) is 5.41 Å². The molecule has 1 aromatic rings. The molecule has 0 radical (unpaired) electrons. The summed E-state index contributed by atoms with van der Waals surface area (Å²) < 4.78 is 81.2. The zero-order chi connectivity index (χ0) is 15.8. The van der Waals surface area contributed by atoms with Crippen LogP contribution in [-0.4, -0.2) is 35.7 Å². The van der Waals surface area contributed by atoms with E-state index in [0.717, 1.165) is 4.57 Å². The minimum absolute atomic E-state index is 0.00316. The van der Waals surface area contributed by atoms with Gasteiger partial charge in [-0.05, 0) is 0 Å². The van der Waals surface area contributed by atoms with Crippen LogP contribution in [0.15, 0.2) is 6.20 Å². The van der Waals surface area contributed by atoms with Crippen molar-refractivity contribution in [2.75, 3.05) is 13.7 Å². The first kappa shape index (κ1) is 17.0. The number of ether oxygens (including phenoxy) is 1. The minimum atomic E-state index is -5.94. The number of aromatic nitrogens is 1. The molecular formula is C9H10F6N2O2S. The Morgan fingerprint density at radius 2 is 1.75 bits per heavy atom. The summed E-state index contributed by atoms with van der Waals surface area (Å²) in [6.45, 7) is -0.0964. The Morgan fingerprint density at radius 1 is 1.25 bits per heavy atom. The van der Waals surface area contributed by atoms with Crippen molar-refractivity contribution in [1.29, 1.82) is 5.41 Å². The van der Waals surface area contributed by atoms with E-state index in [1.165, 1.54) is 7.11 Å². The van der Waals surface area contributed by atoms with E-state index in [9.17, 15) is 26.3 Å². The second-order valence-electron chi connectivity index (χ2n) is 3.79. The average Bonchev–Trinajstić information content (AvgIpc) is 2.64. The number of rotatable bonds is 4. The van der Waals surface area contributed by atoms with Gasteiger partial charge in [0, 0.05) is 19.9 Å². The van der Waals surface area contributed by atoms with Crippen molar-refractivity contribution in [2.24, 2.45) is 0 Å². The maximum atomic E-state index is 12.6. The Hall–Kier alpha value is -1.07. The Bertz CT molecular complexity index is 504. The molecule has 2 N–H and O–H groups in total. The highest BCUT2D eigenvalue weighted by Crippen LogP contribution is 2.50. The molecule has 0 aromatic carbocycles. The fourth-order valence-corrected chi connectivity index (χ4v) is 2.38. The average molecular weight is 324 g/mol. The lowest BCUT2D eigenvalue weighted by molar-refractivity contribution is -0.375. The first-order chi connectivity index (χ1) is 8.95. The highest BCUT2D eigenvalue weighted by Gasteiger charge is 2.72. The lowest BCUT2D eigenvalue weighted by atomic mass is 10.0. The number of hydrogen-bond acceptors (Lipinski definition) is 4. The molecule has 116 valence electrons. The molecule has 4 nitrogen and oxygen atoms in total. The largest absolute Gasteiger partial charge is 0.431 e. The van der Waals surface area contributed by atoms with E-state index in [1.807, 2.05) is 0 Å². The molecule has 1 aromatic heterocycles. The molecule has 0 aliphatic heterocycles. The lowest BCUT2D eigenvalue weighted by Crippen LogP contribution is -2.53. The van der Waals surface area contributed by atoms with Crippen LogP contribution in [0.3, 0.4) is 0 Å². The predicted octanol–water partition coefficient (Wildman–Crippen LogP) is 1.99. The number of nitrogens with zero attached hydrogens (tertiary/aromatic N) is 1. The van der Waals surface area contributed by atoms with Gasteiger partial charge >= 0.3 is 12.4 Å². The molecule has 0 spiro atoms. The van der Waals surface area contributed by atoms with Crippen molar-refractivity contribution in [3.05, 3.63) is 15.9 Å². The smallest absolute Gasteiger partial charge is 0.383 e. The Balaban J connectivity index is 3.35. The summed E-state index contributed by atoms with van der Waals surface area (Å²) in [4.78, 5) is -1.96. The van der Waals surface area contributed by atoms with Crippen molar-refractivity contribution in [3.63, 3.8) is 0 Å². The fourth-order valence-electron chi connectivity index (χ4n) is 1.35. The molecule has 20 heavy (non-hydrogen) atoms. The summed E-state index contributed by atoms with van der Waals surface area (Å²) in [5, 5.41) is 16.5. The van der Waals surface area contributed by atoms with E-state index in [4.69, 9.17) is 10.5 Å². The van der Waals surface area contributed by atoms with Gasteiger partial charge in [-0.25, -0.2) is 0 Å². The van der Waals surface area contributed by atoms with Gasteiger partial charge in [0.2, 0.25) is 0 Å². The third kappa shape index (κ3) is 2.83. The fraction of sp³-hybridized carbons (Fsp3) is 0.667. The van der Waals surface area contributed by atoms with E-state index in [2.05, 4.69) is 4.74 Å². The van der Waals surface area contributed by atoms with Crippen LogP contribution in [0.1, 0.15) is 4.88 Å². The number of hydrogen-bond donors (Lipinski definition) is 2. The molecule has 0 amide bonds. The molecule has 0 saturated heterocycles. The van der Waals surface area contributed by atoms with Crippen LogP contribution >= 0.6 is 11.3 Å². The SMILES string of the molecule is COCCn1cc(C(O)(C(F)(F)F)C(F)(F)F)sc1=N. The molecule has 0 unspecified atom stereocenters. The molecule has 1 heterocycles. The molecule has 0 bridgehead atoms. The Labute approximate surface area is 112 Å². The zero-order valence-corrected chi connectivity index (χ0v) is 10.8. The van der Waals surface area contributed by atoms with Crippen molar-refractivity contribution in [3.8, 4) is 0 Å². The number of methoxy groups -OCH3 is 1. The van der Waals surface area contributed by atoms with E-state index < -0.39 is 27.6 Å². The molecule has 0 aliphatic carbocycles. The van der Waals surface area contributed by atoms with E-state index in [1.54, 1.807) is 0 Å². The lowest BCUT2D eigenvalue weighted by Gasteiger charge is -2.30. The normalized spacial score (nSPS) is 13.8. The summed E-state index contributed by atoms with van der Waals surface area (Å²) in [5.41, 5.74) is -4.99. The van der Waals surface area contributed by atoms with Crippen LogP contribution < -0.4 is 4.80 Å². The maximum absolute atomic E-state index is 12.6. The molecular weight excluding hydrogens is 314 g/mol. The summed E-state index contributed by atoms with van der Waals surface area (Å²) in [5.74, 6) is 0. The van der Waals surface area contributed by atoms with Gasteiger partial charge in [0.1, 0.15) is 0 Å². The van der Waals surface area contributed by atoms with Gasteiger partial charge in [0.05, 0.1) is 11.5 Å². The van der Waals surface area contributed by atoms with Gasteiger partial charge < -0.3 is 14.4 Å². The quantitative estimate of drug-likeness (QED) is 0.832. The Kier molecular flexibility index (Phi) is 4.56. The number of nitrogens with one attached hydrogen (secondary N) is 1. The number of alkyl halides is 6. The monoisotopic (exact) mass is 324 g/mol. The standard InChI is InChI=1S/C9H10F6N2O2S/c1-19-3-2-17-4-5(20-6(17)16)7(18,8(10,11)12)9(13,14)15/h4,16,18H,2-3H2,1H3. The van der Waals surface area contributed by atoms with Crippen molar-refractivity contribution < 1.29 is 36.2 Å². The number of halogens is 6. The third-order valence-electron chi connectivity index (χ3n) is 2.45. The van der Waals surface area contributed by atoms with Crippen molar-refractivity contribution >= 4 is 11.3 Å². The molecule has 11 heteroatoms. The summed E-state index contributed by atoms with van der Waals surface area (Å²) in [7, 11) is 1.29. The molecule has 0 fully saturated rings. The van der Waals surface area contributed by atoms with E-state index >= 15 is 0 Å². The van der Waals surface area contributed by atoms with Gasteiger partial charge in [0.15, 0.2) is 4.80 Å². The predicted molar refractivity (Wildman–Crippen MR) is 56.0 cm³/mol. The van der Waals surface area contributed by atoms with Crippen LogP contribution in [0.5, 0.6) is 0 Å². The van der Waals surface area contributed by atoms with Crippen LogP contribution in [0.4, 0.5) is 26.3 Å². The van der Waals surface area contributed by atoms with Crippen molar-refractivity contribution in [2.45, 2.75) is 24.5 Å². The molecule has 0 atom stereocenters. The van der Waals surface area contributed by atoms with Crippen LogP contribution in [-0.2, 0) is 16.9 Å². The number of thiazole rings is 1. The Morgan fingerprint density at radius 3 is 2.15 bits per heavy atom. The van der Waals surface area contributed by atoms with Gasteiger partial charge in [0.25, 0.3) is 5.60 Å². The van der Waals surface area contributed by atoms with Gasteiger partial charge in [-0.15, -0.1) is 0 Å². The molecule has 0 saturated carbocycles. The first-order valence-corrected chi connectivity index (χ1v) is 5.87. The molecule has 0 aliphatic rings. The second kappa shape index (κ2) is 5.37. The second-order valence-corrected chi connectivity index (χ2v) is 4.82. The van der Waals surface area contributed by atoms with Gasteiger partial charge in [-0.1, -0.05) is 11.3 Å². The van der Waals surface area contributed by atoms with Crippen LogP contribution in [0.2, 0.25) is 0 Å². The van der Waals surface area contributed by atoms with Gasteiger partial charge in [-0.2, -0.15) is 26.3 Å². The minimum Gasteiger partial charge on any atom is -0.383 e. The van der Waals surface area contributed by atoms with Crippen LogP contribution in [0.25, 0.3) is 0 Å². The summed E-state index contributed by atoms with van der Waals surface area (Å²) in [6, 6.07) is 0. The van der Waals surface area contributed by atoms with Crippen molar-refractivity contribution in [1.82, 2.24) is 4.57 Å². The van der Waals surface area contributed by atoms with Crippen LogP contribution in [0, 0.1) is 5.41 Å². The summed E-state index contributed by atoms with van der Waals surface area (Å²) >= 11 is -0.0904. The third-order valence-corrected chi connectivity index (χ3v) is 3.50.